The van der Waals surface area contributed by atoms with Crippen LogP contribution in [0.2, 0.25) is 0 Å². The van der Waals surface area contributed by atoms with E-state index in [-0.39, 0.29) is 23.3 Å². The van der Waals surface area contributed by atoms with Gasteiger partial charge in [-0.3, -0.25) is 4.79 Å². The lowest BCUT2D eigenvalue weighted by atomic mass is 10.1. The Morgan fingerprint density at radius 1 is 1.18 bits per heavy atom. The summed E-state index contributed by atoms with van der Waals surface area (Å²) >= 11 is 6.49. The van der Waals surface area contributed by atoms with E-state index >= 15 is 0 Å². The first kappa shape index (κ1) is 17.9. The van der Waals surface area contributed by atoms with Crippen molar-refractivity contribution in [3.05, 3.63) is 27.1 Å². The highest BCUT2D eigenvalue weighted by atomic mass is 79.9. The van der Waals surface area contributed by atoms with Gasteiger partial charge < -0.3 is 5.32 Å². The van der Waals surface area contributed by atoms with E-state index in [2.05, 4.69) is 41.9 Å². The molecule has 0 radical (unpaired) electrons. The van der Waals surface area contributed by atoms with Crippen molar-refractivity contribution in [3.63, 3.8) is 0 Å². The minimum atomic E-state index is -3.61. The highest BCUT2D eigenvalue weighted by Crippen LogP contribution is 2.26. The van der Waals surface area contributed by atoms with Crippen molar-refractivity contribution in [3.8, 4) is 0 Å². The molecule has 0 atom stereocenters. The lowest BCUT2D eigenvalue weighted by molar-refractivity contribution is -0.124. The summed E-state index contributed by atoms with van der Waals surface area (Å²) in [5.74, 6) is 0.121. The van der Waals surface area contributed by atoms with E-state index in [1.165, 1.54) is 6.07 Å². The molecule has 1 saturated carbocycles. The predicted octanol–water partition coefficient (Wildman–Crippen LogP) is 2.80. The SMILES string of the molecule is O=C(NCCNS(=O)(=O)c1cc(Br)ccc1Br)C1CCCC1. The number of sulfonamides is 1. The van der Waals surface area contributed by atoms with Gasteiger partial charge in [-0.25, -0.2) is 13.1 Å². The molecular weight excluding hydrogens is 436 g/mol. The number of hydrogen-bond donors (Lipinski definition) is 2. The van der Waals surface area contributed by atoms with Gasteiger partial charge >= 0.3 is 0 Å². The third-order valence-corrected chi connectivity index (χ3v) is 6.57. The fourth-order valence-corrected chi connectivity index (χ4v) is 5.00. The molecular formula is C14H18Br2N2O3S. The van der Waals surface area contributed by atoms with Crippen LogP contribution in [0.4, 0.5) is 0 Å². The van der Waals surface area contributed by atoms with Crippen molar-refractivity contribution in [1.29, 1.82) is 0 Å². The molecule has 122 valence electrons. The Morgan fingerprint density at radius 2 is 1.86 bits per heavy atom. The summed E-state index contributed by atoms with van der Waals surface area (Å²) in [6.07, 6.45) is 4.06. The number of benzene rings is 1. The van der Waals surface area contributed by atoms with Crippen molar-refractivity contribution < 1.29 is 13.2 Å². The van der Waals surface area contributed by atoms with E-state index in [1.807, 2.05) is 0 Å². The second-order valence-corrected chi connectivity index (χ2v) is 8.75. The maximum Gasteiger partial charge on any atom is 0.241 e. The number of nitrogens with one attached hydrogen (secondary N) is 2. The highest BCUT2D eigenvalue weighted by Gasteiger charge is 2.22. The van der Waals surface area contributed by atoms with Crippen LogP contribution in [-0.4, -0.2) is 27.4 Å². The molecule has 8 heteroatoms. The molecule has 0 unspecified atom stereocenters. The van der Waals surface area contributed by atoms with Crippen LogP contribution >= 0.6 is 31.9 Å². The van der Waals surface area contributed by atoms with Crippen LogP contribution in [0, 0.1) is 5.92 Å². The molecule has 1 amide bonds. The van der Waals surface area contributed by atoms with E-state index < -0.39 is 10.0 Å². The molecule has 5 nitrogen and oxygen atoms in total. The molecule has 0 bridgehead atoms. The minimum Gasteiger partial charge on any atom is -0.355 e. The molecule has 1 aliphatic carbocycles. The van der Waals surface area contributed by atoms with E-state index in [1.54, 1.807) is 12.1 Å². The second-order valence-electron chi connectivity index (χ2n) is 5.24. The van der Waals surface area contributed by atoms with Gasteiger partial charge in [-0.1, -0.05) is 28.8 Å². The summed E-state index contributed by atoms with van der Waals surface area (Å²) in [6.45, 7) is 0.458. The van der Waals surface area contributed by atoms with Crippen LogP contribution in [0.15, 0.2) is 32.0 Å². The summed E-state index contributed by atoms with van der Waals surface area (Å²) in [7, 11) is -3.61. The highest BCUT2D eigenvalue weighted by molar-refractivity contribution is 9.11. The molecule has 22 heavy (non-hydrogen) atoms. The van der Waals surface area contributed by atoms with E-state index in [4.69, 9.17) is 0 Å². The molecule has 0 aromatic heterocycles. The van der Waals surface area contributed by atoms with Gasteiger partial charge in [-0.15, -0.1) is 0 Å². The largest absolute Gasteiger partial charge is 0.355 e. The minimum absolute atomic E-state index is 0.0281. The zero-order chi connectivity index (χ0) is 16.2. The third kappa shape index (κ3) is 4.78. The monoisotopic (exact) mass is 452 g/mol. The van der Waals surface area contributed by atoms with Gasteiger partial charge in [0.25, 0.3) is 0 Å². The van der Waals surface area contributed by atoms with Crippen LogP contribution in [0.1, 0.15) is 25.7 Å². The number of rotatable bonds is 6. The fraction of sp³-hybridized carbons (Fsp3) is 0.500. The third-order valence-electron chi connectivity index (χ3n) is 3.63. The Labute approximate surface area is 147 Å². The second kappa shape index (κ2) is 7.90. The molecule has 2 rings (SSSR count). The van der Waals surface area contributed by atoms with Crippen molar-refractivity contribution >= 4 is 47.8 Å². The van der Waals surface area contributed by atoms with Crippen molar-refractivity contribution in [1.82, 2.24) is 10.0 Å². The topological polar surface area (TPSA) is 75.3 Å². The average Bonchev–Trinajstić information content (AvgIpc) is 3.00. The molecule has 2 N–H and O–H groups in total. The first-order valence-electron chi connectivity index (χ1n) is 7.12. The van der Waals surface area contributed by atoms with Crippen LogP contribution in [0.3, 0.4) is 0 Å². The molecule has 1 aromatic rings. The van der Waals surface area contributed by atoms with E-state index in [0.29, 0.717) is 15.5 Å². The molecule has 1 fully saturated rings. The molecule has 0 aliphatic heterocycles. The number of carbonyl (C=O) groups excluding carboxylic acids is 1. The van der Waals surface area contributed by atoms with Crippen LogP contribution in [0.5, 0.6) is 0 Å². The van der Waals surface area contributed by atoms with Crippen LogP contribution < -0.4 is 10.0 Å². The lowest BCUT2D eigenvalue weighted by Gasteiger charge is -2.12. The smallest absolute Gasteiger partial charge is 0.241 e. The molecule has 0 spiro atoms. The van der Waals surface area contributed by atoms with Gasteiger partial charge in [0, 0.05) is 28.0 Å². The van der Waals surface area contributed by atoms with Crippen molar-refractivity contribution in [2.75, 3.05) is 13.1 Å². The first-order chi connectivity index (χ1) is 10.4. The molecule has 0 heterocycles. The van der Waals surface area contributed by atoms with Gasteiger partial charge in [-0.05, 0) is 47.0 Å². The molecule has 0 saturated heterocycles. The number of hydrogen-bond acceptors (Lipinski definition) is 3. The van der Waals surface area contributed by atoms with Gasteiger partial charge in [0.1, 0.15) is 0 Å². The van der Waals surface area contributed by atoms with Crippen molar-refractivity contribution in [2.24, 2.45) is 5.92 Å². The van der Waals surface area contributed by atoms with Crippen LogP contribution in [0.25, 0.3) is 0 Å². The summed E-state index contributed by atoms with van der Waals surface area (Å²) in [4.78, 5) is 12.0. The number of amides is 1. The standard InChI is InChI=1S/C14H18Br2N2O3S/c15-11-5-6-12(16)13(9-11)22(20,21)18-8-7-17-14(19)10-3-1-2-4-10/h5-6,9-10,18H,1-4,7-8H2,(H,17,19). The Balaban J connectivity index is 1.85. The Kier molecular flexibility index (Phi) is 6.43. The zero-order valence-electron chi connectivity index (χ0n) is 11.9. The summed E-state index contributed by atoms with van der Waals surface area (Å²) < 4.78 is 28.1. The van der Waals surface area contributed by atoms with E-state index in [9.17, 15) is 13.2 Å². The van der Waals surface area contributed by atoms with Gasteiger partial charge in [-0.2, -0.15) is 0 Å². The zero-order valence-corrected chi connectivity index (χ0v) is 15.9. The summed E-state index contributed by atoms with van der Waals surface area (Å²) in [5.41, 5.74) is 0. The molecule has 1 aliphatic rings. The fourth-order valence-electron chi connectivity index (χ4n) is 2.46. The van der Waals surface area contributed by atoms with Crippen molar-refractivity contribution in [2.45, 2.75) is 30.6 Å². The summed E-state index contributed by atoms with van der Waals surface area (Å²) in [6, 6.07) is 4.95. The summed E-state index contributed by atoms with van der Waals surface area (Å²) in [5, 5.41) is 2.79. The maximum atomic E-state index is 12.2. The average molecular weight is 454 g/mol. The normalized spacial score (nSPS) is 15.9. The van der Waals surface area contributed by atoms with Gasteiger partial charge in [0.2, 0.25) is 15.9 Å². The Hall–Kier alpha value is -0.440. The molecule has 1 aromatic carbocycles. The maximum absolute atomic E-state index is 12.2. The number of halogens is 2. The van der Waals surface area contributed by atoms with Gasteiger partial charge in [0.05, 0.1) is 4.90 Å². The quantitative estimate of drug-likeness (QED) is 0.650. The van der Waals surface area contributed by atoms with Crippen LogP contribution in [-0.2, 0) is 14.8 Å². The predicted molar refractivity (Wildman–Crippen MR) is 92.0 cm³/mol. The van der Waals surface area contributed by atoms with E-state index in [0.717, 1.165) is 25.7 Å². The Morgan fingerprint density at radius 3 is 2.55 bits per heavy atom. The number of carbonyl (C=O) groups is 1. The van der Waals surface area contributed by atoms with Gasteiger partial charge in [0.15, 0.2) is 0 Å². The first-order valence-corrected chi connectivity index (χ1v) is 10.2. The lowest BCUT2D eigenvalue weighted by Crippen LogP contribution is -2.37. The Bertz CT molecular complexity index is 643.